The second kappa shape index (κ2) is 53.6. The van der Waals surface area contributed by atoms with Crippen molar-refractivity contribution in [1.82, 2.24) is 92.2 Å². The molecule has 42 nitrogen and oxygen atoms in total. The second-order valence-corrected chi connectivity index (χ2v) is 36.3. The predicted octanol–water partition coefficient (Wildman–Crippen LogP) is -0.555. The van der Waals surface area contributed by atoms with Gasteiger partial charge in [-0.25, -0.2) is 4.79 Å². The van der Waals surface area contributed by atoms with Crippen LogP contribution in [-0.4, -0.2) is 299 Å². The maximum Gasteiger partial charge on any atom is 0.317 e. The van der Waals surface area contributed by atoms with Crippen LogP contribution in [0.25, 0.3) is 21.8 Å². The highest BCUT2D eigenvalue weighted by Gasteiger charge is 2.42. The lowest BCUT2D eigenvalue weighted by atomic mass is 9.99. The van der Waals surface area contributed by atoms with E-state index in [1.807, 2.05) is 13.0 Å². The lowest BCUT2D eigenvalue weighted by Crippen LogP contribution is -2.62. The van der Waals surface area contributed by atoms with Gasteiger partial charge in [0.05, 0.1) is 24.8 Å². The van der Waals surface area contributed by atoms with Gasteiger partial charge < -0.3 is 115 Å². The number of nitrogens with one attached hydrogen (secondary N) is 11. The van der Waals surface area contributed by atoms with Crippen LogP contribution in [0.2, 0.25) is 0 Å². The molecule has 5 heterocycles. The highest BCUT2D eigenvalue weighted by atomic mass is 32.2. The highest BCUT2D eigenvalue weighted by molar-refractivity contribution is 8.00. The number of aliphatic carboxylic acids is 2. The first-order valence-electron chi connectivity index (χ1n) is 46.1. The number of aryl methyl sites for hydroxylation is 2. The summed E-state index contributed by atoms with van der Waals surface area (Å²) < 4.78 is 3.54. The number of unbranched alkanes of at least 4 members (excludes halogenated alkanes) is 3. The molecule has 3 aromatic carbocycles. The normalized spacial score (nSPS) is 22.5. The Morgan fingerprint density at radius 3 is 1.50 bits per heavy atom. The number of para-hydroxylation sites is 2. The van der Waals surface area contributed by atoms with Crippen LogP contribution in [0.4, 0.5) is 4.79 Å². The number of carbonyl (C=O) groups excluding carboxylic acids is 16. The van der Waals surface area contributed by atoms with Gasteiger partial charge in [0.15, 0.2) is 0 Å². The monoisotopic (exact) mass is 1920 g/mol. The number of thioether (sulfide) groups is 1. The fraction of sp³-hybridized carbons (Fsp3) is 0.521. The SMILES string of the molecule is CCCCC[C@H]1NC(=O)CSC[C@@H](C(N)=O)NC(=O)[C@H](CCCC(N)=O)NC(=O)[C@H]([C@@H](C)O)NC(=O)[C@H](Cc2cn(C)c3ccccc23)NC(=O)[C@H](CCCCNC(=O)N2CCN(CC(=O)O)CC2)NC(=O)[C@H](Cc2cn(C)c3ccccc23)NC(=O)[C@H](Cc2ccccc2)N(C)C(=O)[C@H](CCCC(=O)O)NC(=O)[C@H](CC(C)C)NC(=O)[C@H](CC(N)=O)NC(=O)[C@H](Cc2cccnc2)N(C)C1=O. The van der Waals surface area contributed by atoms with Crippen LogP contribution in [0.1, 0.15) is 146 Å². The lowest BCUT2D eigenvalue weighted by molar-refractivity contribution is -0.143. The van der Waals surface area contributed by atoms with Gasteiger partial charge in [-0.1, -0.05) is 113 Å². The van der Waals surface area contributed by atoms with E-state index in [0.29, 0.717) is 63.3 Å². The van der Waals surface area contributed by atoms with Gasteiger partial charge in [-0.15, -0.1) is 11.8 Å². The van der Waals surface area contributed by atoms with Gasteiger partial charge in [-0.2, -0.15) is 0 Å². The van der Waals surface area contributed by atoms with Gasteiger partial charge in [0.25, 0.3) is 0 Å². The first-order valence-corrected chi connectivity index (χ1v) is 47.2. The van der Waals surface area contributed by atoms with Gasteiger partial charge in [-0.05, 0) is 111 Å². The summed E-state index contributed by atoms with van der Waals surface area (Å²) in [7, 11) is 6.02. The molecular weight excluding hydrogens is 1790 g/mol. The largest absolute Gasteiger partial charge is 0.481 e. The third-order valence-corrected chi connectivity index (χ3v) is 25.0. The molecule has 20 N–H and O–H groups in total. The van der Waals surface area contributed by atoms with E-state index in [4.69, 9.17) is 17.2 Å². The molecule has 0 aliphatic carbocycles. The zero-order valence-corrected chi connectivity index (χ0v) is 79.4. The number of nitrogens with two attached hydrogens (primary N) is 3. The zero-order chi connectivity index (χ0) is 100. The van der Waals surface area contributed by atoms with Crippen LogP contribution in [0.3, 0.4) is 0 Å². The maximum atomic E-state index is 16.1. The van der Waals surface area contributed by atoms with Crippen LogP contribution in [-0.2, 0) is 121 Å². The fourth-order valence-electron chi connectivity index (χ4n) is 16.5. The predicted molar refractivity (Wildman–Crippen MR) is 507 cm³/mol. The highest BCUT2D eigenvalue weighted by Crippen LogP contribution is 2.26. The summed E-state index contributed by atoms with van der Waals surface area (Å²) in [6, 6.07) is 5.15. The Morgan fingerprint density at radius 2 is 0.949 bits per heavy atom. The Kier molecular flexibility index (Phi) is 42.6. The number of rotatable bonds is 33. The molecule has 2 aliphatic rings. The number of urea groups is 1. The maximum absolute atomic E-state index is 16.1. The van der Waals surface area contributed by atoms with Gasteiger partial charge >= 0.3 is 18.0 Å². The molecule has 13 atom stereocenters. The molecule has 0 radical (unpaired) electrons. The minimum Gasteiger partial charge on any atom is -0.481 e. The second-order valence-electron chi connectivity index (χ2n) is 35.2. The van der Waals surface area contributed by atoms with Crippen LogP contribution in [0.15, 0.2) is 116 Å². The number of benzene rings is 3. The van der Waals surface area contributed by atoms with Gasteiger partial charge in [0.1, 0.15) is 72.5 Å². The van der Waals surface area contributed by atoms with Crippen molar-refractivity contribution in [3.05, 3.63) is 138 Å². The Labute approximate surface area is 798 Å². The molecule has 3 aromatic heterocycles. The number of likely N-dealkylation sites (N-methyl/N-ethyl adjacent to an activating group) is 2. The molecule has 744 valence electrons. The number of hydrogen-bond donors (Lipinski definition) is 17. The lowest BCUT2D eigenvalue weighted by Gasteiger charge is -2.33. The van der Waals surface area contributed by atoms with Crippen molar-refractivity contribution in [3.8, 4) is 0 Å². The van der Waals surface area contributed by atoms with Crippen molar-refractivity contribution in [2.24, 2.45) is 37.2 Å². The summed E-state index contributed by atoms with van der Waals surface area (Å²) in [5, 5.41) is 61.8. The van der Waals surface area contributed by atoms with E-state index in [9.17, 15) is 63.3 Å². The first kappa shape index (κ1) is 109. The number of aliphatic hydroxyl groups excluding tert-OH is 1. The number of hydrogen-bond acceptors (Lipinski definition) is 22. The van der Waals surface area contributed by atoms with Gasteiger partial charge in [0, 0.05) is 152 Å². The summed E-state index contributed by atoms with van der Waals surface area (Å²) in [6.07, 6.45) is 1.67. The molecule has 137 heavy (non-hydrogen) atoms. The van der Waals surface area contributed by atoms with E-state index >= 15 is 38.4 Å². The molecule has 0 bridgehead atoms. The van der Waals surface area contributed by atoms with Crippen LogP contribution < -0.4 is 75.7 Å². The van der Waals surface area contributed by atoms with Crippen molar-refractivity contribution >= 4 is 140 Å². The summed E-state index contributed by atoms with van der Waals surface area (Å²) in [4.78, 5) is 269. The van der Waals surface area contributed by atoms with E-state index in [0.717, 1.165) is 28.5 Å². The number of primary amides is 3. The van der Waals surface area contributed by atoms with E-state index in [1.54, 1.807) is 139 Å². The number of amides is 17. The number of nitrogens with zero attached hydrogens (tertiary/aromatic N) is 7. The Balaban J connectivity index is 1.26. The molecule has 0 unspecified atom stereocenters. The number of fused-ring (bicyclic) bond motifs is 2. The molecule has 2 fully saturated rings. The summed E-state index contributed by atoms with van der Waals surface area (Å²) >= 11 is 0.784. The van der Waals surface area contributed by atoms with E-state index in [2.05, 4.69) is 63.5 Å². The summed E-state index contributed by atoms with van der Waals surface area (Å²) in [6.45, 7) is 7.21. The third-order valence-electron chi connectivity index (χ3n) is 24.0. The van der Waals surface area contributed by atoms with E-state index < -0.39 is 222 Å². The average Bonchev–Trinajstić information content (AvgIpc) is 1.64. The zero-order valence-electron chi connectivity index (χ0n) is 78.6. The van der Waals surface area contributed by atoms with Gasteiger partial charge in [0.2, 0.25) is 88.6 Å². The molecule has 2 saturated heterocycles. The number of carbonyl (C=O) groups is 18. The Bertz CT molecular complexity index is 5220. The molecular formula is C94H131N21O21S. The first-order chi connectivity index (χ1) is 65.2. The standard InChI is InChI=1S/C94H131N21O21S/c1-9-10-12-30-65-92(134)113(8)75(45-58-26-23-37-98-49-58)90(132)107-70(48-77(96)118)87(129)104-67(43-55(2)3)85(127)103-66(32-22-36-79(120)121)93(135)112(7)74(44-57-24-13-11-14-25-57)89(131)106-68(46-59-50-110(5)72-33-17-15-27-61(59)72)86(128)101-63(29-19-20-38-99-94(136)115-41-39-114(40-42-115)52-80(122)123)83(125)105-69(47-60-51-111(6)73-34-18-16-28-62(60)73)88(130)109-81(56(4)116)91(133)102-64(31-21-35-76(95)117)84(126)108-71(82(97)124)53-137-54-78(119)100-65/h11,13-18,23-28,33-34,37,49-51,55-56,63-71,74-75,81,116H,9-10,12,19-22,29-32,35-36,38-48,52-54H2,1-8H3,(H2,95,117)(H2,96,118)(H2,97,124)(H,99,136)(H,100,119)(H,101,128)(H,102,133)(H,103,127)(H,104,129)(H,105,125)(H,106,131)(H,107,132)(H,108,126)(H,109,130)(H,120,121)(H,122,123)/t56-,63+,64+,65-,66+,67+,68+,69+,70+,71+,74+,75+,81+/m1/s1. The number of carboxylic acid groups (broad SMARTS) is 2. The Morgan fingerprint density at radius 1 is 0.482 bits per heavy atom. The molecule has 43 heteroatoms. The number of carboxylic acids is 2. The van der Waals surface area contributed by atoms with Crippen molar-refractivity contribution < 1.29 is 102 Å². The Hall–Kier alpha value is -13.6. The van der Waals surface area contributed by atoms with Crippen molar-refractivity contribution in [3.63, 3.8) is 0 Å². The summed E-state index contributed by atoms with van der Waals surface area (Å²) in [5.74, 6) is -18.9. The molecule has 6 aromatic rings. The minimum atomic E-state index is -1.98. The number of pyridine rings is 1. The van der Waals surface area contributed by atoms with Crippen molar-refractivity contribution in [2.45, 2.75) is 228 Å². The topological polar surface area (TPSA) is 614 Å². The molecule has 0 saturated carbocycles. The number of piperazine rings is 1. The average molecular weight is 1920 g/mol. The smallest absolute Gasteiger partial charge is 0.317 e. The fourth-order valence-corrected chi connectivity index (χ4v) is 17.4. The quantitative estimate of drug-likeness (QED) is 0.0230. The van der Waals surface area contributed by atoms with Gasteiger partial charge in [-0.3, -0.25) is 91.4 Å². The molecule has 8 rings (SSSR count). The van der Waals surface area contributed by atoms with Crippen molar-refractivity contribution in [2.75, 3.05) is 64.9 Å². The number of aromatic nitrogens is 3. The summed E-state index contributed by atoms with van der Waals surface area (Å²) in [5.41, 5.74) is 20.4. The molecule has 2 aliphatic heterocycles. The minimum absolute atomic E-state index is 0.00952. The van der Waals surface area contributed by atoms with Crippen molar-refractivity contribution in [1.29, 1.82) is 0 Å². The van der Waals surface area contributed by atoms with E-state index in [1.165, 1.54) is 31.4 Å². The van der Waals surface area contributed by atoms with Crippen LogP contribution in [0.5, 0.6) is 0 Å². The molecule has 17 amide bonds. The third kappa shape index (κ3) is 33.7. The van der Waals surface area contributed by atoms with E-state index in [-0.39, 0.29) is 123 Å². The number of aliphatic hydroxyl groups is 1. The van der Waals surface area contributed by atoms with Crippen LogP contribution >= 0.6 is 11.8 Å². The van der Waals surface area contributed by atoms with Crippen LogP contribution in [0, 0.1) is 5.92 Å². The molecule has 0 spiro atoms.